The number of esters is 1. The number of carbonyl (C=O) groups excluding carboxylic acids is 3. The molecular weight excluding hydrogens is 224 g/mol. The Hall–Kier alpha value is -2.17. The van der Waals surface area contributed by atoms with Crippen LogP contribution in [0.2, 0.25) is 0 Å². The van der Waals surface area contributed by atoms with E-state index in [2.05, 4.69) is 4.74 Å². The number of carbonyl (C=O) groups is 3. The van der Waals surface area contributed by atoms with Crippen LogP contribution >= 0.6 is 0 Å². The molecule has 1 rings (SSSR count). The first-order valence-corrected chi connectivity index (χ1v) is 4.95. The molecule has 5 heteroatoms. The highest BCUT2D eigenvalue weighted by molar-refractivity contribution is 5.84. The second-order valence-corrected chi connectivity index (χ2v) is 3.26. The maximum atomic E-state index is 11.2. The fourth-order valence-corrected chi connectivity index (χ4v) is 1.09. The van der Waals surface area contributed by atoms with Crippen LogP contribution in [0.3, 0.4) is 0 Å². The Morgan fingerprint density at radius 1 is 1.24 bits per heavy atom. The van der Waals surface area contributed by atoms with E-state index < -0.39 is 5.97 Å². The summed E-state index contributed by atoms with van der Waals surface area (Å²) in [6.45, 7) is 0.659. The lowest BCUT2D eigenvalue weighted by atomic mass is 10.2. The van der Waals surface area contributed by atoms with E-state index in [0.717, 1.165) is 0 Å². The van der Waals surface area contributed by atoms with Gasteiger partial charge in [0.15, 0.2) is 19.5 Å². The minimum Gasteiger partial charge on any atom is -0.485 e. The normalized spacial score (nSPS) is 9.47. The first-order chi connectivity index (χ1) is 8.13. The third kappa shape index (κ3) is 4.46. The number of benzene rings is 1. The van der Waals surface area contributed by atoms with E-state index in [4.69, 9.17) is 4.74 Å². The van der Waals surface area contributed by atoms with Gasteiger partial charge in [0.25, 0.3) is 0 Å². The van der Waals surface area contributed by atoms with Crippen molar-refractivity contribution in [2.24, 2.45) is 0 Å². The Kier molecular flexibility index (Phi) is 4.87. The number of Topliss-reactive ketones (excluding diaryl/α,β-unsaturated/α-hetero) is 1. The molecule has 5 nitrogen and oxygen atoms in total. The van der Waals surface area contributed by atoms with Crippen molar-refractivity contribution in [3.8, 4) is 5.75 Å². The molecule has 0 saturated carbocycles. The third-order valence-corrected chi connectivity index (χ3v) is 1.87. The number of aldehydes is 1. The van der Waals surface area contributed by atoms with Gasteiger partial charge >= 0.3 is 5.97 Å². The van der Waals surface area contributed by atoms with Gasteiger partial charge in [0.1, 0.15) is 5.75 Å². The zero-order valence-electron chi connectivity index (χ0n) is 9.34. The minimum absolute atomic E-state index is 0.238. The van der Waals surface area contributed by atoms with Gasteiger partial charge in [-0.05, 0) is 12.1 Å². The molecule has 0 saturated heterocycles. The topological polar surface area (TPSA) is 69.7 Å². The Balaban J connectivity index is 2.47. The number of para-hydroxylation sites is 1. The first-order valence-electron chi connectivity index (χ1n) is 4.95. The molecular formula is C12H12O5. The van der Waals surface area contributed by atoms with Crippen LogP contribution < -0.4 is 4.74 Å². The van der Waals surface area contributed by atoms with Crippen molar-refractivity contribution < 1.29 is 23.9 Å². The van der Waals surface area contributed by atoms with Gasteiger partial charge in [-0.1, -0.05) is 12.1 Å². The van der Waals surface area contributed by atoms with Crippen LogP contribution in [0.1, 0.15) is 17.3 Å². The number of ketones is 1. The lowest BCUT2D eigenvalue weighted by Gasteiger charge is -2.07. The van der Waals surface area contributed by atoms with Crippen molar-refractivity contribution in [1.29, 1.82) is 0 Å². The van der Waals surface area contributed by atoms with Gasteiger partial charge in [-0.15, -0.1) is 0 Å². The smallest absolute Gasteiger partial charge is 0.303 e. The molecule has 0 aromatic heterocycles. The molecule has 0 spiro atoms. The second kappa shape index (κ2) is 6.42. The molecule has 0 N–H and O–H groups in total. The summed E-state index contributed by atoms with van der Waals surface area (Å²) >= 11 is 0. The molecule has 0 aliphatic heterocycles. The average molecular weight is 236 g/mol. The van der Waals surface area contributed by atoms with Crippen LogP contribution in [0.25, 0.3) is 0 Å². The zero-order chi connectivity index (χ0) is 12.7. The average Bonchev–Trinajstić information content (AvgIpc) is 2.34. The number of hydrogen-bond donors (Lipinski definition) is 0. The molecule has 0 unspecified atom stereocenters. The van der Waals surface area contributed by atoms with Crippen molar-refractivity contribution >= 4 is 18.0 Å². The lowest BCUT2D eigenvalue weighted by molar-refractivity contribution is -0.146. The molecule has 0 radical (unpaired) electrons. The van der Waals surface area contributed by atoms with Gasteiger partial charge in [0, 0.05) is 6.92 Å². The molecule has 0 aliphatic rings. The molecule has 0 fully saturated rings. The van der Waals surface area contributed by atoms with Crippen LogP contribution in [0.4, 0.5) is 0 Å². The van der Waals surface area contributed by atoms with Gasteiger partial charge in [-0.25, -0.2) is 0 Å². The predicted octanol–water partition coefficient (Wildman–Crippen LogP) is 1.01. The highest BCUT2D eigenvalue weighted by Crippen LogP contribution is 2.15. The second-order valence-electron chi connectivity index (χ2n) is 3.26. The van der Waals surface area contributed by atoms with Crippen molar-refractivity contribution in [3.05, 3.63) is 29.8 Å². The summed E-state index contributed by atoms with van der Waals surface area (Å²) in [7, 11) is 0. The van der Waals surface area contributed by atoms with Gasteiger partial charge in [-0.3, -0.25) is 14.4 Å². The summed E-state index contributed by atoms with van der Waals surface area (Å²) in [6, 6.07) is 6.55. The van der Waals surface area contributed by atoms with Crippen LogP contribution in [0.15, 0.2) is 24.3 Å². The van der Waals surface area contributed by atoms with E-state index in [-0.39, 0.29) is 19.0 Å². The highest BCUT2D eigenvalue weighted by Gasteiger charge is 2.07. The molecule has 0 amide bonds. The summed E-state index contributed by atoms with van der Waals surface area (Å²) in [5, 5.41) is 0. The third-order valence-electron chi connectivity index (χ3n) is 1.87. The first kappa shape index (κ1) is 12.9. The van der Waals surface area contributed by atoms with Crippen LogP contribution in [0, 0.1) is 0 Å². The van der Waals surface area contributed by atoms with Crippen molar-refractivity contribution in [2.45, 2.75) is 6.92 Å². The summed E-state index contributed by atoms with van der Waals surface area (Å²) < 4.78 is 9.66. The number of rotatable bonds is 6. The minimum atomic E-state index is -0.522. The Morgan fingerprint density at radius 3 is 2.59 bits per heavy atom. The maximum absolute atomic E-state index is 11.2. The predicted molar refractivity (Wildman–Crippen MR) is 59.0 cm³/mol. The maximum Gasteiger partial charge on any atom is 0.303 e. The molecule has 0 atom stereocenters. The summed E-state index contributed by atoms with van der Waals surface area (Å²) in [5.74, 6) is -0.564. The lowest BCUT2D eigenvalue weighted by Crippen LogP contribution is -2.19. The fraction of sp³-hybridized carbons (Fsp3) is 0.250. The standard InChI is InChI=1S/C12H12O5/c1-9(14)16-7-11(15)8-17-12-5-3-2-4-10(12)6-13/h2-6H,7-8H2,1H3. The molecule has 0 heterocycles. The SMILES string of the molecule is CC(=O)OCC(=O)COc1ccccc1C=O. The Morgan fingerprint density at radius 2 is 1.94 bits per heavy atom. The zero-order valence-corrected chi connectivity index (χ0v) is 9.34. The Bertz CT molecular complexity index is 425. The van der Waals surface area contributed by atoms with Gasteiger partial charge in [-0.2, -0.15) is 0 Å². The van der Waals surface area contributed by atoms with Gasteiger partial charge < -0.3 is 9.47 Å². The molecule has 17 heavy (non-hydrogen) atoms. The number of ether oxygens (including phenoxy) is 2. The van der Waals surface area contributed by atoms with Crippen LogP contribution in [-0.4, -0.2) is 31.3 Å². The Labute approximate surface area is 98.3 Å². The molecule has 1 aromatic carbocycles. The van der Waals surface area contributed by atoms with Gasteiger partial charge in [0.05, 0.1) is 5.56 Å². The van der Waals surface area contributed by atoms with Crippen molar-refractivity contribution in [1.82, 2.24) is 0 Å². The van der Waals surface area contributed by atoms with E-state index in [0.29, 0.717) is 17.6 Å². The van der Waals surface area contributed by atoms with Crippen LogP contribution in [0.5, 0.6) is 5.75 Å². The van der Waals surface area contributed by atoms with E-state index in [9.17, 15) is 14.4 Å². The summed E-state index contributed by atoms with van der Waals surface area (Å²) in [6.07, 6.45) is 0.645. The van der Waals surface area contributed by atoms with Gasteiger partial charge in [0.2, 0.25) is 5.78 Å². The highest BCUT2D eigenvalue weighted by atomic mass is 16.5. The summed E-state index contributed by atoms with van der Waals surface area (Å²) in [4.78, 5) is 32.3. The van der Waals surface area contributed by atoms with E-state index in [1.807, 2.05) is 0 Å². The fourth-order valence-electron chi connectivity index (χ4n) is 1.09. The van der Waals surface area contributed by atoms with Crippen molar-refractivity contribution in [3.63, 3.8) is 0 Å². The molecule has 1 aromatic rings. The monoisotopic (exact) mass is 236 g/mol. The van der Waals surface area contributed by atoms with E-state index in [1.54, 1.807) is 24.3 Å². The number of hydrogen-bond acceptors (Lipinski definition) is 5. The summed E-state index contributed by atoms with van der Waals surface area (Å²) in [5.41, 5.74) is 0.368. The molecule has 0 aliphatic carbocycles. The van der Waals surface area contributed by atoms with Crippen molar-refractivity contribution in [2.75, 3.05) is 13.2 Å². The largest absolute Gasteiger partial charge is 0.485 e. The molecule has 0 bridgehead atoms. The molecule has 90 valence electrons. The van der Waals surface area contributed by atoms with E-state index in [1.165, 1.54) is 6.92 Å². The van der Waals surface area contributed by atoms with E-state index >= 15 is 0 Å². The quantitative estimate of drug-likeness (QED) is 0.544. The van der Waals surface area contributed by atoms with Crippen LogP contribution in [-0.2, 0) is 14.3 Å².